The van der Waals surface area contributed by atoms with E-state index in [-0.39, 0.29) is 18.1 Å². The molecule has 25 heavy (non-hydrogen) atoms. The van der Waals surface area contributed by atoms with Crippen LogP contribution in [-0.4, -0.2) is 51.3 Å². The molecule has 6 heteroatoms. The van der Waals surface area contributed by atoms with Crippen LogP contribution in [0.15, 0.2) is 24.3 Å². The molecule has 0 unspecified atom stereocenters. The Bertz CT molecular complexity index is 518. The average Bonchev–Trinajstić information content (AvgIpc) is 2.60. The van der Waals surface area contributed by atoms with Crippen LogP contribution in [0.1, 0.15) is 43.5 Å². The topological polar surface area (TPSA) is 73.9 Å². The first-order valence-corrected chi connectivity index (χ1v) is 8.78. The maximum atomic E-state index is 11.9. The number of ether oxygens (including phenoxy) is 3. The zero-order chi connectivity index (χ0) is 18.3. The van der Waals surface area contributed by atoms with Crippen LogP contribution in [0.5, 0.6) is 0 Å². The van der Waals surface area contributed by atoms with Gasteiger partial charge in [-0.1, -0.05) is 19.1 Å². The summed E-state index contributed by atoms with van der Waals surface area (Å²) in [5.74, 6) is -0.257. The summed E-state index contributed by atoms with van der Waals surface area (Å²) in [6.07, 6.45) is 2.14. The van der Waals surface area contributed by atoms with Crippen LogP contribution in [0.4, 0.5) is 5.69 Å². The monoisotopic (exact) mass is 351 g/mol. The van der Waals surface area contributed by atoms with E-state index in [1.807, 2.05) is 0 Å². The molecular weight excluding hydrogens is 322 g/mol. The Kier molecular flexibility index (Phi) is 11.5. The third-order valence-corrected chi connectivity index (χ3v) is 3.35. The van der Waals surface area contributed by atoms with Gasteiger partial charge in [0.05, 0.1) is 31.9 Å². The van der Waals surface area contributed by atoms with Crippen LogP contribution in [0, 0.1) is 0 Å². The molecule has 0 saturated carbocycles. The molecule has 1 rings (SSSR count). The van der Waals surface area contributed by atoms with Gasteiger partial charge in [0.1, 0.15) is 0 Å². The number of anilines is 1. The lowest BCUT2D eigenvalue weighted by Gasteiger charge is -2.09. The maximum absolute atomic E-state index is 11.9. The number of nitrogens with one attached hydrogen (secondary N) is 1. The highest BCUT2D eigenvalue weighted by Crippen LogP contribution is 2.15. The lowest BCUT2D eigenvalue weighted by Crippen LogP contribution is -2.17. The van der Waals surface area contributed by atoms with Crippen LogP contribution >= 0.6 is 0 Å². The third kappa shape index (κ3) is 9.96. The summed E-state index contributed by atoms with van der Waals surface area (Å²) in [5.41, 5.74) is 1.04. The summed E-state index contributed by atoms with van der Waals surface area (Å²) in [6.45, 7) is 6.99. The lowest BCUT2D eigenvalue weighted by molar-refractivity contribution is -0.117. The number of hydrogen-bond donors (Lipinski definition) is 1. The van der Waals surface area contributed by atoms with Crippen molar-refractivity contribution in [2.75, 3.05) is 45.0 Å². The van der Waals surface area contributed by atoms with Crippen LogP contribution in [0.2, 0.25) is 0 Å². The molecule has 140 valence electrons. The van der Waals surface area contributed by atoms with Crippen molar-refractivity contribution < 1.29 is 23.8 Å². The maximum Gasteiger partial charge on any atom is 0.226 e. The van der Waals surface area contributed by atoms with Crippen molar-refractivity contribution >= 4 is 17.4 Å². The Morgan fingerprint density at radius 2 is 1.56 bits per heavy atom. The smallest absolute Gasteiger partial charge is 0.226 e. The van der Waals surface area contributed by atoms with Gasteiger partial charge in [-0.3, -0.25) is 9.59 Å². The minimum Gasteiger partial charge on any atom is -0.381 e. The molecule has 0 aromatic heterocycles. The first kappa shape index (κ1) is 21.3. The van der Waals surface area contributed by atoms with Gasteiger partial charge >= 0.3 is 0 Å². The molecule has 0 radical (unpaired) electrons. The summed E-state index contributed by atoms with van der Waals surface area (Å²) in [4.78, 5) is 23.4. The normalized spacial score (nSPS) is 10.6. The van der Waals surface area contributed by atoms with Crippen LogP contribution < -0.4 is 5.32 Å². The van der Waals surface area contributed by atoms with E-state index in [0.29, 0.717) is 37.7 Å². The minimum absolute atomic E-state index is 0.0793. The second-order valence-corrected chi connectivity index (χ2v) is 5.59. The predicted molar refractivity (Wildman–Crippen MR) is 97.1 cm³/mol. The predicted octanol–water partition coefficient (Wildman–Crippen LogP) is 3.07. The van der Waals surface area contributed by atoms with Gasteiger partial charge in [-0.2, -0.15) is 0 Å². The number of Topliss-reactive ketones (excluding diaryl/α,β-unsaturated/α-hetero) is 1. The highest BCUT2D eigenvalue weighted by Gasteiger charge is 2.09. The Labute approximate surface area is 149 Å². The van der Waals surface area contributed by atoms with Crippen molar-refractivity contribution in [3.05, 3.63) is 29.8 Å². The van der Waals surface area contributed by atoms with Crippen LogP contribution in [0.25, 0.3) is 0 Å². The average molecular weight is 351 g/mol. The van der Waals surface area contributed by atoms with E-state index in [0.717, 1.165) is 26.1 Å². The molecule has 1 amide bonds. The van der Waals surface area contributed by atoms with Crippen molar-refractivity contribution in [1.82, 2.24) is 0 Å². The summed E-state index contributed by atoms with van der Waals surface area (Å²) >= 11 is 0. The molecule has 0 aliphatic rings. The number of carbonyl (C=O) groups is 2. The Hall–Kier alpha value is -1.76. The quantitative estimate of drug-likeness (QED) is 0.412. The van der Waals surface area contributed by atoms with E-state index in [1.165, 1.54) is 6.92 Å². The summed E-state index contributed by atoms with van der Waals surface area (Å²) in [5, 5.41) is 2.74. The molecule has 1 N–H and O–H groups in total. The number of benzene rings is 1. The number of para-hydroxylation sites is 1. The number of amides is 1. The number of rotatable bonds is 14. The molecule has 0 heterocycles. The molecule has 6 nitrogen and oxygen atoms in total. The Balaban J connectivity index is 2.05. The Morgan fingerprint density at radius 3 is 2.24 bits per heavy atom. The van der Waals surface area contributed by atoms with Crippen molar-refractivity contribution in [2.24, 2.45) is 0 Å². The van der Waals surface area contributed by atoms with E-state index in [2.05, 4.69) is 12.2 Å². The van der Waals surface area contributed by atoms with Crippen LogP contribution in [-0.2, 0) is 19.0 Å². The second-order valence-electron chi connectivity index (χ2n) is 5.59. The van der Waals surface area contributed by atoms with Crippen molar-refractivity contribution in [3.63, 3.8) is 0 Å². The SMILES string of the molecule is CCCOCCCOCCOCCC(=O)Nc1ccccc1C(C)=O. The van der Waals surface area contributed by atoms with Crippen molar-refractivity contribution in [2.45, 2.75) is 33.1 Å². The van der Waals surface area contributed by atoms with Gasteiger partial charge in [-0.15, -0.1) is 0 Å². The zero-order valence-corrected chi connectivity index (χ0v) is 15.2. The first-order chi connectivity index (χ1) is 12.1. The molecule has 0 saturated heterocycles. The van der Waals surface area contributed by atoms with E-state index < -0.39 is 0 Å². The molecule has 0 atom stereocenters. The largest absolute Gasteiger partial charge is 0.381 e. The van der Waals surface area contributed by atoms with Gasteiger partial charge in [-0.25, -0.2) is 0 Å². The molecule has 1 aromatic carbocycles. The summed E-state index contributed by atoms with van der Waals surface area (Å²) in [6, 6.07) is 6.96. The van der Waals surface area contributed by atoms with Crippen molar-refractivity contribution in [1.29, 1.82) is 0 Å². The zero-order valence-electron chi connectivity index (χ0n) is 15.2. The highest BCUT2D eigenvalue weighted by molar-refractivity contribution is 6.03. The molecule has 0 fully saturated rings. The van der Waals surface area contributed by atoms with E-state index >= 15 is 0 Å². The fraction of sp³-hybridized carbons (Fsp3) is 0.579. The highest BCUT2D eigenvalue weighted by atomic mass is 16.5. The third-order valence-electron chi connectivity index (χ3n) is 3.35. The number of ketones is 1. The van der Waals surface area contributed by atoms with Gasteiger partial charge in [0.15, 0.2) is 5.78 Å². The molecule has 0 spiro atoms. The van der Waals surface area contributed by atoms with Gasteiger partial charge in [0, 0.05) is 25.4 Å². The molecule has 0 aliphatic heterocycles. The molecular formula is C19H29NO5. The fourth-order valence-electron chi connectivity index (χ4n) is 2.11. The van der Waals surface area contributed by atoms with Gasteiger partial charge < -0.3 is 19.5 Å². The fourth-order valence-corrected chi connectivity index (χ4v) is 2.11. The number of hydrogen-bond acceptors (Lipinski definition) is 5. The van der Waals surface area contributed by atoms with E-state index in [9.17, 15) is 9.59 Å². The van der Waals surface area contributed by atoms with Crippen molar-refractivity contribution in [3.8, 4) is 0 Å². The van der Waals surface area contributed by atoms with Gasteiger partial charge in [0.2, 0.25) is 5.91 Å². The Morgan fingerprint density at radius 1 is 0.920 bits per heavy atom. The summed E-state index contributed by atoms with van der Waals surface area (Å²) in [7, 11) is 0. The standard InChI is InChI=1S/C19H29NO5/c1-3-10-23-11-6-12-24-14-15-25-13-9-19(22)20-18-8-5-4-7-17(18)16(2)21/h4-5,7-8H,3,6,9-15H2,1-2H3,(H,20,22). The molecule has 0 bridgehead atoms. The number of carbonyl (C=O) groups excluding carboxylic acids is 2. The second kappa shape index (κ2) is 13.5. The van der Waals surface area contributed by atoms with E-state index in [1.54, 1.807) is 24.3 Å². The van der Waals surface area contributed by atoms with Gasteiger partial charge in [0.25, 0.3) is 0 Å². The lowest BCUT2D eigenvalue weighted by atomic mass is 10.1. The molecule has 0 aliphatic carbocycles. The van der Waals surface area contributed by atoms with Gasteiger partial charge in [-0.05, 0) is 31.9 Å². The van der Waals surface area contributed by atoms with Crippen LogP contribution in [0.3, 0.4) is 0 Å². The van der Waals surface area contributed by atoms with E-state index in [4.69, 9.17) is 14.2 Å². The summed E-state index contributed by atoms with van der Waals surface area (Å²) < 4.78 is 16.1. The minimum atomic E-state index is -0.178. The first-order valence-electron chi connectivity index (χ1n) is 8.78. The molecule has 1 aromatic rings.